The van der Waals surface area contributed by atoms with E-state index in [0.29, 0.717) is 23.4 Å². The monoisotopic (exact) mass is 393 g/mol. The van der Waals surface area contributed by atoms with Crippen LogP contribution in [-0.2, 0) is 14.3 Å². The van der Waals surface area contributed by atoms with Crippen LogP contribution in [0.1, 0.15) is 36.5 Å². The van der Waals surface area contributed by atoms with Crippen molar-refractivity contribution in [3.05, 3.63) is 77.0 Å². The quantitative estimate of drug-likeness (QED) is 0.799. The lowest BCUT2D eigenvalue weighted by atomic mass is 9.69. The van der Waals surface area contributed by atoms with Gasteiger partial charge in [-0.2, -0.15) is 0 Å². The molecule has 3 atom stereocenters. The van der Waals surface area contributed by atoms with Crippen molar-refractivity contribution in [1.29, 1.82) is 0 Å². The first-order chi connectivity index (χ1) is 14.0. The van der Waals surface area contributed by atoms with Gasteiger partial charge in [0.05, 0.1) is 32.0 Å². The first-order valence-electron chi connectivity index (χ1n) is 9.51. The van der Waals surface area contributed by atoms with Gasteiger partial charge in [-0.1, -0.05) is 18.2 Å². The average Bonchev–Trinajstić information content (AvgIpc) is 3.27. The number of fused-ring (bicyclic) bond motifs is 1. The normalized spacial score (nSPS) is 23.8. The number of ether oxygens (including phenoxy) is 2. The predicted octanol–water partition coefficient (Wildman–Crippen LogP) is 3.68. The van der Waals surface area contributed by atoms with Crippen molar-refractivity contribution in [2.75, 3.05) is 14.2 Å². The van der Waals surface area contributed by atoms with Crippen molar-refractivity contribution in [2.24, 2.45) is 5.92 Å². The summed E-state index contributed by atoms with van der Waals surface area (Å²) in [5.74, 6) is -0.0357. The second-order valence-corrected chi connectivity index (χ2v) is 7.30. The maximum absolute atomic E-state index is 13.3. The standard InChI is InChI=1S/C23H23NO5/c1-13-20(23(26)28-3)21(14-6-4-7-16(10-14)27-2)22-17(24-13)11-15(12-18(22)25)19-8-5-9-29-19/h4-11,15,21-22,24H,12H2,1-3H3. The van der Waals surface area contributed by atoms with E-state index in [1.807, 2.05) is 49.4 Å². The van der Waals surface area contributed by atoms with Crippen LogP contribution in [0, 0.1) is 5.92 Å². The van der Waals surface area contributed by atoms with Crippen LogP contribution in [0.3, 0.4) is 0 Å². The molecule has 0 bridgehead atoms. The molecule has 4 rings (SSSR count). The fourth-order valence-electron chi connectivity index (χ4n) is 4.33. The summed E-state index contributed by atoms with van der Waals surface area (Å²) < 4.78 is 15.9. The third kappa shape index (κ3) is 3.35. The fourth-order valence-corrected chi connectivity index (χ4v) is 4.33. The van der Waals surface area contributed by atoms with E-state index in [0.717, 1.165) is 17.0 Å². The highest BCUT2D eigenvalue weighted by atomic mass is 16.5. The number of esters is 1. The Morgan fingerprint density at radius 1 is 1.17 bits per heavy atom. The lowest BCUT2D eigenvalue weighted by Crippen LogP contribution is -2.41. The van der Waals surface area contributed by atoms with E-state index in [4.69, 9.17) is 13.9 Å². The van der Waals surface area contributed by atoms with Crippen molar-refractivity contribution in [1.82, 2.24) is 5.32 Å². The Balaban J connectivity index is 1.85. The lowest BCUT2D eigenvalue weighted by molar-refractivity contribution is -0.136. The fraction of sp³-hybridized carbons (Fsp3) is 0.304. The van der Waals surface area contributed by atoms with Gasteiger partial charge in [-0.25, -0.2) is 4.79 Å². The molecule has 6 heteroatoms. The van der Waals surface area contributed by atoms with Crippen LogP contribution in [-0.4, -0.2) is 26.0 Å². The first-order valence-corrected chi connectivity index (χ1v) is 9.51. The van der Waals surface area contributed by atoms with E-state index in [2.05, 4.69) is 5.32 Å². The highest BCUT2D eigenvalue weighted by molar-refractivity contribution is 5.96. The maximum atomic E-state index is 13.3. The minimum absolute atomic E-state index is 0.0538. The Kier molecular flexibility index (Phi) is 5.01. The number of nitrogens with one attached hydrogen (secondary N) is 1. The van der Waals surface area contributed by atoms with Gasteiger partial charge >= 0.3 is 5.97 Å². The van der Waals surface area contributed by atoms with Gasteiger partial charge in [0.25, 0.3) is 0 Å². The number of ketones is 1. The first kappa shape index (κ1) is 19.1. The predicted molar refractivity (Wildman–Crippen MR) is 106 cm³/mol. The number of rotatable bonds is 4. The van der Waals surface area contributed by atoms with Gasteiger partial charge < -0.3 is 19.2 Å². The molecule has 1 aromatic carbocycles. The zero-order chi connectivity index (χ0) is 20.5. The van der Waals surface area contributed by atoms with E-state index >= 15 is 0 Å². The Bertz CT molecular complexity index is 1000. The van der Waals surface area contributed by atoms with Gasteiger partial charge in [-0.15, -0.1) is 0 Å². The van der Waals surface area contributed by atoms with Crippen LogP contribution in [0.5, 0.6) is 5.75 Å². The van der Waals surface area contributed by atoms with Crippen molar-refractivity contribution in [3.8, 4) is 5.75 Å². The van der Waals surface area contributed by atoms with Gasteiger partial charge in [-0.05, 0) is 36.8 Å². The molecule has 2 heterocycles. The van der Waals surface area contributed by atoms with Gasteiger partial charge in [0, 0.05) is 29.7 Å². The molecule has 1 aliphatic heterocycles. The lowest BCUT2D eigenvalue weighted by Gasteiger charge is -2.39. The van der Waals surface area contributed by atoms with Gasteiger partial charge in [0.2, 0.25) is 0 Å². The van der Waals surface area contributed by atoms with Gasteiger partial charge in [-0.3, -0.25) is 4.79 Å². The number of Topliss-reactive ketones (excluding diaryl/α,β-unsaturated/α-hetero) is 1. The molecule has 29 heavy (non-hydrogen) atoms. The topological polar surface area (TPSA) is 77.8 Å². The highest BCUT2D eigenvalue weighted by Crippen LogP contribution is 2.46. The number of furan rings is 1. The zero-order valence-corrected chi connectivity index (χ0v) is 16.6. The molecular weight excluding hydrogens is 370 g/mol. The second kappa shape index (κ2) is 7.62. The van der Waals surface area contributed by atoms with Gasteiger partial charge in [0.1, 0.15) is 17.3 Å². The van der Waals surface area contributed by atoms with Crippen LogP contribution in [0.15, 0.2) is 70.1 Å². The smallest absolute Gasteiger partial charge is 0.336 e. The Morgan fingerprint density at radius 3 is 2.69 bits per heavy atom. The summed E-state index contributed by atoms with van der Waals surface area (Å²) in [4.78, 5) is 26.0. The number of methoxy groups -OCH3 is 2. The van der Waals surface area contributed by atoms with Crippen molar-refractivity contribution in [3.63, 3.8) is 0 Å². The molecule has 2 aliphatic rings. The summed E-state index contributed by atoms with van der Waals surface area (Å²) in [5.41, 5.74) is 2.78. The van der Waals surface area contributed by atoms with Crippen molar-refractivity contribution < 1.29 is 23.5 Å². The molecule has 1 aliphatic carbocycles. The molecule has 0 spiro atoms. The minimum atomic E-state index is -0.494. The molecule has 150 valence electrons. The molecule has 0 radical (unpaired) electrons. The SMILES string of the molecule is COC(=O)C1=C(C)NC2=CC(c3ccco3)CC(=O)C2C1c1cccc(OC)c1. The number of allylic oxidation sites excluding steroid dienone is 3. The Labute approximate surface area is 169 Å². The molecule has 1 N–H and O–H groups in total. The minimum Gasteiger partial charge on any atom is -0.497 e. The molecule has 6 nitrogen and oxygen atoms in total. The summed E-state index contributed by atoms with van der Waals surface area (Å²) in [5, 5.41) is 3.28. The van der Waals surface area contributed by atoms with E-state index in [9.17, 15) is 9.59 Å². The second-order valence-electron chi connectivity index (χ2n) is 7.30. The highest BCUT2D eigenvalue weighted by Gasteiger charge is 2.45. The van der Waals surface area contributed by atoms with Crippen molar-refractivity contribution in [2.45, 2.75) is 25.2 Å². The van der Waals surface area contributed by atoms with Crippen LogP contribution in [0.25, 0.3) is 0 Å². The number of hydrogen-bond donors (Lipinski definition) is 1. The largest absolute Gasteiger partial charge is 0.497 e. The van der Waals surface area contributed by atoms with Crippen LogP contribution in [0.2, 0.25) is 0 Å². The van der Waals surface area contributed by atoms with E-state index in [1.54, 1.807) is 13.4 Å². The zero-order valence-electron chi connectivity index (χ0n) is 16.6. The molecular formula is C23H23NO5. The van der Waals surface area contributed by atoms with Gasteiger partial charge in [0.15, 0.2) is 0 Å². The molecule has 0 saturated heterocycles. The molecule has 2 aromatic rings. The number of benzene rings is 1. The van der Waals surface area contributed by atoms with E-state index in [-0.39, 0.29) is 11.7 Å². The number of hydrogen-bond acceptors (Lipinski definition) is 6. The summed E-state index contributed by atoms with van der Waals surface area (Å²) in [6, 6.07) is 11.2. The van der Waals surface area contributed by atoms with Crippen molar-refractivity contribution >= 4 is 11.8 Å². The maximum Gasteiger partial charge on any atom is 0.336 e. The molecule has 0 saturated carbocycles. The number of carbonyl (C=O) groups is 2. The average molecular weight is 393 g/mol. The van der Waals surface area contributed by atoms with E-state index < -0.39 is 17.8 Å². The summed E-state index contributed by atoms with van der Waals surface area (Å²) >= 11 is 0. The molecule has 0 fully saturated rings. The number of carbonyl (C=O) groups excluding carboxylic acids is 2. The third-order valence-corrected chi connectivity index (χ3v) is 5.63. The Morgan fingerprint density at radius 2 is 2.00 bits per heavy atom. The summed E-state index contributed by atoms with van der Waals surface area (Å²) in [6.45, 7) is 1.83. The summed E-state index contributed by atoms with van der Waals surface area (Å²) in [7, 11) is 2.95. The van der Waals surface area contributed by atoms with Crippen LogP contribution < -0.4 is 10.1 Å². The molecule has 3 unspecified atom stereocenters. The Hall–Kier alpha value is -3.28. The van der Waals surface area contributed by atoms with E-state index in [1.165, 1.54) is 7.11 Å². The molecule has 0 amide bonds. The van der Waals surface area contributed by atoms with Crippen LogP contribution >= 0.6 is 0 Å². The third-order valence-electron chi connectivity index (χ3n) is 5.63. The molecule has 1 aromatic heterocycles. The summed E-state index contributed by atoms with van der Waals surface area (Å²) in [6.07, 6.45) is 3.96. The van der Waals surface area contributed by atoms with Crippen LogP contribution in [0.4, 0.5) is 0 Å².